The van der Waals surface area contributed by atoms with Crippen LogP contribution in [-0.4, -0.2) is 50.2 Å². The fraction of sp³-hybridized carbons (Fsp3) is 0.625. The molecule has 3 rings (SSSR count). The van der Waals surface area contributed by atoms with Crippen molar-refractivity contribution in [2.45, 2.75) is 25.8 Å². The van der Waals surface area contributed by atoms with E-state index in [1.54, 1.807) is 0 Å². The van der Waals surface area contributed by atoms with Gasteiger partial charge in [0.15, 0.2) is 0 Å². The molecule has 2 aliphatic heterocycles. The summed E-state index contributed by atoms with van der Waals surface area (Å²) in [7, 11) is 0. The Hall–Kier alpha value is -0.580. The number of benzene rings is 1. The zero-order valence-electron chi connectivity index (χ0n) is 12.2. The van der Waals surface area contributed by atoms with Gasteiger partial charge in [-0.3, -0.25) is 4.90 Å². The molecule has 2 saturated heterocycles. The molecule has 1 N–H and O–H groups in total. The topological polar surface area (TPSA) is 18.5 Å². The van der Waals surface area contributed by atoms with Gasteiger partial charge in [-0.25, -0.2) is 0 Å². The molecule has 0 radical (unpaired) electrons. The quantitative estimate of drug-likeness (QED) is 0.894. The number of piperidine rings is 1. The molecule has 0 bridgehead atoms. The van der Waals surface area contributed by atoms with E-state index in [-0.39, 0.29) is 0 Å². The molecule has 0 aromatic heterocycles. The number of rotatable bonds is 2. The second-order valence-electron chi connectivity index (χ2n) is 5.96. The summed E-state index contributed by atoms with van der Waals surface area (Å²) in [6.07, 6.45) is 2.70. The van der Waals surface area contributed by atoms with Crippen LogP contribution in [0.4, 0.5) is 5.69 Å². The Kier molecular flexibility index (Phi) is 4.64. The van der Waals surface area contributed by atoms with Gasteiger partial charge in [-0.05, 0) is 50.1 Å². The largest absolute Gasteiger partial charge is 0.369 e. The normalized spacial score (nSPS) is 24.9. The Labute approximate surface area is 130 Å². The first-order valence-corrected chi connectivity index (χ1v) is 8.49. The van der Waals surface area contributed by atoms with Crippen LogP contribution >= 0.6 is 15.9 Å². The van der Waals surface area contributed by atoms with Crippen molar-refractivity contribution in [1.29, 1.82) is 0 Å². The Bertz CT molecular complexity index is 449. The van der Waals surface area contributed by atoms with E-state index < -0.39 is 0 Å². The van der Waals surface area contributed by atoms with Crippen molar-refractivity contribution < 1.29 is 0 Å². The van der Waals surface area contributed by atoms with Crippen LogP contribution in [0.3, 0.4) is 0 Å². The molecule has 20 heavy (non-hydrogen) atoms. The molecule has 4 heteroatoms. The summed E-state index contributed by atoms with van der Waals surface area (Å²) in [6.45, 7) is 9.24. The number of anilines is 1. The van der Waals surface area contributed by atoms with Crippen LogP contribution in [0.5, 0.6) is 0 Å². The molecular formula is C16H24BrN3. The van der Waals surface area contributed by atoms with Crippen LogP contribution in [-0.2, 0) is 0 Å². The molecule has 0 saturated carbocycles. The maximum absolute atomic E-state index is 3.58. The molecule has 110 valence electrons. The molecule has 0 amide bonds. The minimum absolute atomic E-state index is 0.762. The first-order chi connectivity index (χ1) is 9.74. The maximum atomic E-state index is 3.58. The lowest BCUT2D eigenvalue weighted by molar-refractivity contribution is 0.157. The minimum atomic E-state index is 0.762. The predicted octanol–water partition coefficient (Wildman–Crippen LogP) is 2.63. The third-order valence-corrected chi connectivity index (χ3v) is 5.50. The van der Waals surface area contributed by atoms with Crippen LogP contribution in [0.25, 0.3) is 0 Å². The molecule has 2 heterocycles. The highest BCUT2D eigenvalue weighted by molar-refractivity contribution is 9.10. The fourth-order valence-electron chi connectivity index (χ4n) is 3.32. The molecule has 2 aliphatic rings. The second-order valence-corrected chi connectivity index (χ2v) is 6.81. The van der Waals surface area contributed by atoms with E-state index in [1.807, 2.05) is 0 Å². The smallest absolute Gasteiger partial charge is 0.0370 e. The molecule has 1 aromatic rings. The number of nitrogens with zero attached hydrogens (tertiary/aromatic N) is 2. The van der Waals surface area contributed by atoms with Crippen LogP contribution < -0.4 is 10.2 Å². The predicted molar refractivity (Wildman–Crippen MR) is 88.6 cm³/mol. The van der Waals surface area contributed by atoms with Gasteiger partial charge in [0, 0.05) is 48.9 Å². The van der Waals surface area contributed by atoms with Crippen LogP contribution in [0.15, 0.2) is 22.7 Å². The molecule has 3 nitrogen and oxygen atoms in total. The molecular weight excluding hydrogens is 314 g/mol. The summed E-state index contributed by atoms with van der Waals surface area (Å²) in [5.41, 5.74) is 2.69. The molecule has 1 unspecified atom stereocenters. The third-order valence-electron chi connectivity index (χ3n) is 4.61. The first kappa shape index (κ1) is 14.4. The van der Waals surface area contributed by atoms with Crippen molar-refractivity contribution in [3.8, 4) is 0 Å². The van der Waals surface area contributed by atoms with Gasteiger partial charge < -0.3 is 10.2 Å². The summed E-state index contributed by atoms with van der Waals surface area (Å²) in [6, 6.07) is 7.45. The maximum Gasteiger partial charge on any atom is 0.0370 e. The van der Waals surface area contributed by atoms with Crippen LogP contribution in [0.2, 0.25) is 0 Å². The summed E-state index contributed by atoms with van der Waals surface area (Å²) < 4.78 is 1.20. The fourth-order valence-corrected chi connectivity index (χ4v) is 3.56. The highest BCUT2D eigenvalue weighted by Gasteiger charge is 2.25. The number of aryl methyl sites for hydroxylation is 1. The van der Waals surface area contributed by atoms with Crippen molar-refractivity contribution in [2.24, 2.45) is 0 Å². The van der Waals surface area contributed by atoms with Gasteiger partial charge in [-0.15, -0.1) is 0 Å². The van der Waals surface area contributed by atoms with E-state index >= 15 is 0 Å². The van der Waals surface area contributed by atoms with E-state index in [4.69, 9.17) is 0 Å². The van der Waals surface area contributed by atoms with Gasteiger partial charge >= 0.3 is 0 Å². The summed E-state index contributed by atoms with van der Waals surface area (Å²) in [5, 5.41) is 3.53. The standard InChI is InChI=1S/C16H24BrN3/c1-13-11-14(4-5-16(13)17)19-7-9-20(10-8-19)15-3-2-6-18-12-15/h4-5,11,15,18H,2-3,6-10,12H2,1H3. The number of halogens is 1. The lowest BCUT2D eigenvalue weighted by Crippen LogP contribution is -2.54. The molecule has 1 atom stereocenters. The summed E-state index contributed by atoms with van der Waals surface area (Å²) in [4.78, 5) is 5.20. The summed E-state index contributed by atoms with van der Waals surface area (Å²) in [5.74, 6) is 0. The van der Waals surface area contributed by atoms with Gasteiger partial charge in [0.1, 0.15) is 0 Å². The van der Waals surface area contributed by atoms with Gasteiger partial charge in [-0.2, -0.15) is 0 Å². The Morgan fingerprint density at radius 1 is 1.20 bits per heavy atom. The zero-order valence-corrected chi connectivity index (χ0v) is 13.8. The average Bonchev–Trinajstić information content (AvgIpc) is 2.51. The first-order valence-electron chi connectivity index (χ1n) is 7.70. The second kappa shape index (κ2) is 6.46. The van der Waals surface area contributed by atoms with Gasteiger partial charge in [0.05, 0.1) is 0 Å². The third kappa shape index (κ3) is 3.18. The van der Waals surface area contributed by atoms with E-state index in [9.17, 15) is 0 Å². The Balaban J connectivity index is 1.58. The van der Waals surface area contributed by atoms with Gasteiger partial charge in [-0.1, -0.05) is 15.9 Å². The Morgan fingerprint density at radius 2 is 2.00 bits per heavy atom. The lowest BCUT2D eigenvalue weighted by Gasteiger charge is -2.41. The number of piperazine rings is 1. The number of nitrogens with one attached hydrogen (secondary N) is 1. The van der Waals surface area contributed by atoms with Crippen LogP contribution in [0, 0.1) is 6.92 Å². The van der Waals surface area contributed by atoms with Crippen molar-refractivity contribution >= 4 is 21.6 Å². The van der Waals surface area contributed by atoms with Crippen molar-refractivity contribution in [2.75, 3.05) is 44.2 Å². The molecule has 2 fully saturated rings. The lowest BCUT2D eigenvalue weighted by atomic mass is 10.0. The SMILES string of the molecule is Cc1cc(N2CCN(C3CCCNC3)CC2)ccc1Br. The van der Waals surface area contributed by atoms with Crippen molar-refractivity contribution in [3.05, 3.63) is 28.2 Å². The molecule has 0 aliphatic carbocycles. The van der Waals surface area contributed by atoms with Gasteiger partial charge in [0.2, 0.25) is 0 Å². The molecule has 1 aromatic carbocycles. The van der Waals surface area contributed by atoms with Crippen LogP contribution in [0.1, 0.15) is 18.4 Å². The minimum Gasteiger partial charge on any atom is -0.369 e. The van der Waals surface area contributed by atoms with Crippen molar-refractivity contribution in [1.82, 2.24) is 10.2 Å². The number of hydrogen-bond acceptors (Lipinski definition) is 3. The van der Waals surface area contributed by atoms with Gasteiger partial charge in [0.25, 0.3) is 0 Å². The highest BCUT2D eigenvalue weighted by Crippen LogP contribution is 2.24. The zero-order chi connectivity index (χ0) is 13.9. The summed E-state index contributed by atoms with van der Waals surface area (Å²) >= 11 is 3.58. The monoisotopic (exact) mass is 337 g/mol. The van der Waals surface area contributed by atoms with E-state index in [0.29, 0.717) is 0 Å². The number of hydrogen-bond donors (Lipinski definition) is 1. The van der Waals surface area contributed by atoms with E-state index in [2.05, 4.69) is 56.2 Å². The highest BCUT2D eigenvalue weighted by atomic mass is 79.9. The molecule has 0 spiro atoms. The van der Waals surface area contributed by atoms with E-state index in [0.717, 1.165) is 19.1 Å². The van der Waals surface area contributed by atoms with Crippen molar-refractivity contribution in [3.63, 3.8) is 0 Å². The Morgan fingerprint density at radius 3 is 2.65 bits per heavy atom. The van der Waals surface area contributed by atoms with E-state index in [1.165, 1.54) is 54.7 Å². The average molecular weight is 338 g/mol.